The molecule has 1 aromatic carbocycles. The molecular weight excluding hydrogens is 226 g/mol. The Bertz CT molecular complexity index is 582. The minimum atomic E-state index is -0.0343. The molecule has 4 nitrogen and oxygen atoms in total. The average Bonchev–Trinajstić information content (AvgIpc) is 2.98. The number of nitrogens with zero attached hydrogens (tertiary/aromatic N) is 1. The molecule has 18 heavy (non-hydrogen) atoms. The Labute approximate surface area is 106 Å². The molecule has 0 saturated carbocycles. The van der Waals surface area contributed by atoms with Crippen LogP contribution in [-0.4, -0.2) is 29.7 Å². The van der Waals surface area contributed by atoms with E-state index in [9.17, 15) is 4.79 Å². The Kier molecular flexibility index (Phi) is 2.80. The molecule has 1 unspecified atom stereocenters. The minimum Gasteiger partial charge on any atom is -0.333 e. The van der Waals surface area contributed by atoms with Crippen LogP contribution in [0.4, 0.5) is 4.79 Å². The van der Waals surface area contributed by atoms with E-state index in [0.29, 0.717) is 0 Å². The lowest BCUT2D eigenvalue weighted by atomic mass is 10.2. The third-order valence-electron chi connectivity index (χ3n) is 3.52. The van der Waals surface area contributed by atoms with Gasteiger partial charge in [0, 0.05) is 24.2 Å². The normalized spacial score (nSPS) is 19.3. The maximum absolute atomic E-state index is 12.3. The topological polar surface area (TPSA) is 46.1 Å². The van der Waals surface area contributed by atoms with Gasteiger partial charge in [-0.25, -0.2) is 4.79 Å². The molecule has 1 aliphatic heterocycles. The lowest BCUT2D eigenvalue weighted by Crippen LogP contribution is -2.38. The first kappa shape index (κ1) is 11.3. The van der Waals surface area contributed by atoms with Gasteiger partial charge >= 0.3 is 6.03 Å². The Hall–Kier alpha value is -1.81. The first-order chi connectivity index (χ1) is 8.75. The smallest absolute Gasteiger partial charge is 0.326 e. The first-order valence-electron chi connectivity index (χ1n) is 6.34. The van der Waals surface area contributed by atoms with Crippen LogP contribution < -0.4 is 10.6 Å². The van der Waals surface area contributed by atoms with Gasteiger partial charge in [0.15, 0.2) is 0 Å². The van der Waals surface area contributed by atoms with E-state index < -0.39 is 0 Å². The molecule has 1 atom stereocenters. The van der Waals surface area contributed by atoms with Gasteiger partial charge in [-0.05, 0) is 31.5 Å². The lowest BCUT2D eigenvalue weighted by Gasteiger charge is -2.12. The molecule has 0 spiro atoms. The van der Waals surface area contributed by atoms with Crippen LogP contribution in [0.1, 0.15) is 12.0 Å². The molecule has 94 valence electrons. The van der Waals surface area contributed by atoms with Crippen LogP contribution in [0.2, 0.25) is 0 Å². The Balaban J connectivity index is 1.91. The Morgan fingerprint density at radius 2 is 2.28 bits per heavy atom. The summed E-state index contributed by atoms with van der Waals surface area (Å²) in [6, 6.07) is 8.20. The summed E-state index contributed by atoms with van der Waals surface area (Å²) in [6.45, 7) is 3.88. The second-order valence-corrected chi connectivity index (χ2v) is 4.84. The van der Waals surface area contributed by atoms with Gasteiger partial charge < -0.3 is 10.6 Å². The number of amides is 1. The van der Waals surface area contributed by atoms with Crippen molar-refractivity contribution in [3.8, 4) is 0 Å². The highest BCUT2D eigenvalue weighted by molar-refractivity contribution is 5.93. The highest BCUT2D eigenvalue weighted by Gasteiger charge is 2.18. The van der Waals surface area contributed by atoms with Crippen LogP contribution in [0.5, 0.6) is 0 Å². The van der Waals surface area contributed by atoms with Gasteiger partial charge in [0.1, 0.15) is 0 Å². The molecule has 2 N–H and O–H groups in total. The average molecular weight is 243 g/mol. The van der Waals surface area contributed by atoms with Crippen molar-refractivity contribution in [3.63, 3.8) is 0 Å². The lowest BCUT2D eigenvalue weighted by molar-refractivity contribution is 0.240. The number of aromatic nitrogens is 1. The molecular formula is C14H17N3O. The maximum atomic E-state index is 12.3. The molecule has 2 heterocycles. The fourth-order valence-corrected chi connectivity index (χ4v) is 2.54. The van der Waals surface area contributed by atoms with Crippen molar-refractivity contribution in [1.29, 1.82) is 0 Å². The predicted molar refractivity (Wildman–Crippen MR) is 71.9 cm³/mol. The van der Waals surface area contributed by atoms with E-state index >= 15 is 0 Å². The van der Waals surface area contributed by atoms with E-state index in [2.05, 4.69) is 10.6 Å². The summed E-state index contributed by atoms with van der Waals surface area (Å²) in [7, 11) is 0. The van der Waals surface area contributed by atoms with Crippen molar-refractivity contribution in [2.75, 3.05) is 13.1 Å². The summed E-state index contributed by atoms with van der Waals surface area (Å²) in [4.78, 5) is 12.3. The van der Waals surface area contributed by atoms with Crippen molar-refractivity contribution in [1.82, 2.24) is 15.2 Å². The molecule has 1 aromatic heterocycles. The first-order valence-corrected chi connectivity index (χ1v) is 6.34. The van der Waals surface area contributed by atoms with Gasteiger partial charge in [0.2, 0.25) is 0 Å². The van der Waals surface area contributed by atoms with Gasteiger partial charge in [-0.15, -0.1) is 0 Å². The van der Waals surface area contributed by atoms with Crippen LogP contribution in [0, 0.1) is 6.92 Å². The molecule has 1 amide bonds. The quantitative estimate of drug-likeness (QED) is 0.803. The molecule has 2 aromatic rings. The van der Waals surface area contributed by atoms with Crippen LogP contribution >= 0.6 is 0 Å². The number of aryl methyl sites for hydroxylation is 1. The number of rotatable bonds is 1. The molecule has 0 aliphatic carbocycles. The van der Waals surface area contributed by atoms with Crippen LogP contribution in [-0.2, 0) is 0 Å². The number of carbonyl (C=O) groups excluding carboxylic acids is 1. The van der Waals surface area contributed by atoms with E-state index in [4.69, 9.17) is 0 Å². The van der Waals surface area contributed by atoms with Crippen molar-refractivity contribution < 1.29 is 4.79 Å². The summed E-state index contributed by atoms with van der Waals surface area (Å²) in [5.74, 6) is 0. The highest BCUT2D eigenvalue weighted by Crippen LogP contribution is 2.20. The van der Waals surface area contributed by atoms with Gasteiger partial charge in [-0.1, -0.05) is 18.2 Å². The van der Waals surface area contributed by atoms with E-state index in [1.165, 1.54) is 0 Å². The van der Waals surface area contributed by atoms with E-state index in [1.807, 2.05) is 37.4 Å². The maximum Gasteiger partial charge on any atom is 0.326 e. The Morgan fingerprint density at radius 3 is 3.06 bits per heavy atom. The van der Waals surface area contributed by atoms with Gasteiger partial charge in [0.05, 0.1) is 5.52 Å². The fourth-order valence-electron chi connectivity index (χ4n) is 2.54. The van der Waals surface area contributed by atoms with E-state index in [1.54, 1.807) is 4.57 Å². The van der Waals surface area contributed by atoms with Gasteiger partial charge in [0.25, 0.3) is 0 Å². The standard InChI is InChI=1S/C14H17N3O/c1-10-9-17(13-5-3-2-4-12(10)13)14(18)16-11-6-7-15-8-11/h2-5,9,11,15H,6-8H2,1H3,(H,16,18). The van der Waals surface area contributed by atoms with E-state index in [-0.39, 0.29) is 12.1 Å². The van der Waals surface area contributed by atoms with Gasteiger partial charge in [-0.2, -0.15) is 0 Å². The number of nitrogens with one attached hydrogen (secondary N) is 2. The number of hydrogen-bond donors (Lipinski definition) is 2. The molecule has 0 radical (unpaired) electrons. The zero-order valence-corrected chi connectivity index (χ0v) is 10.4. The van der Waals surface area contributed by atoms with Crippen LogP contribution in [0.15, 0.2) is 30.5 Å². The second kappa shape index (κ2) is 4.46. The third-order valence-corrected chi connectivity index (χ3v) is 3.52. The SMILES string of the molecule is Cc1cn(C(=O)NC2CCNC2)c2ccccc12. The molecule has 1 aliphatic rings. The molecule has 0 bridgehead atoms. The number of fused-ring (bicyclic) bond motifs is 1. The predicted octanol–water partition coefficient (Wildman–Crippen LogP) is 1.87. The van der Waals surface area contributed by atoms with Crippen molar-refractivity contribution in [2.24, 2.45) is 0 Å². The fraction of sp³-hybridized carbons (Fsp3) is 0.357. The second-order valence-electron chi connectivity index (χ2n) is 4.84. The number of para-hydroxylation sites is 1. The van der Waals surface area contributed by atoms with Crippen LogP contribution in [0.25, 0.3) is 10.9 Å². The largest absolute Gasteiger partial charge is 0.333 e. The molecule has 4 heteroatoms. The summed E-state index contributed by atoms with van der Waals surface area (Å²) in [5.41, 5.74) is 2.10. The summed E-state index contributed by atoms with van der Waals surface area (Å²) < 4.78 is 1.71. The van der Waals surface area contributed by atoms with Crippen molar-refractivity contribution in [3.05, 3.63) is 36.0 Å². The monoisotopic (exact) mass is 243 g/mol. The van der Waals surface area contributed by atoms with Crippen LogP contribution in [0.3, 0.4) is 0 Å². The highest BCUT2D eigenvalue weighted by atomic mass is 16.2. The molecule has 1 saturated heterocycles. The summed E-state index contributed by atoms with van der Waals surface area (Å²) in [5, 5.41) is 7.45. The number of benzene rings is 1. The van der Waals surface area contributed by atoms with Gasteiger partial charge in [-0.3, -0.25) is 4.57 Å². The molecule has 1 fully saturated rings. The number of carbonyl (C=O) groups is 1. The van der Waals surface area contributed by atoms with E-state index in [0.717, 1.165) is 36.0 Å². The Morgan fingerprint density at radius 1 is 1.44 bits per heavy atom. The third kappa shape index (κ3) is 1.88. The number of hydrogen-bond acceptors (Lipinski definition) is 2. The summed E-state index contributed by atoms with van der Waals surface area (Å²) >= 11 is 0. The summed E-state index contributed by atoms with van der Waals surface area (Å²) in [6.07, 6.45) is 2.91. The zero-order chi connectivity index (χ0) is 12.5. The molecule has 3 rings (SSSR count). The van der Waals surface area contributed by atoms with Crippen molar-refractivity contribution in [2.45, 2.75) is 19.4 Å². The minimum absolute atomic E-state index is 0.0343. The van der Waals surface area contributed by atoms with Crippen molar-refractivity contribution >= 4 is 16.9 Å². The zero-order valence-electron chi connectivity index (χ0n) is 10.4.